The van der Waals surface area contributed by atoms with Crippen LogP contribution in [0.3, 0.4) is 0 Å². The first kappa shape index (κ1) is 11.7. The fourth-order valence-electron chi connectivity index (χ4n) is 3.14. The van der Waals surface area contributed by atoms with E-state index in [1.165, 1.54) is 31.2 Å². The maximum absolute atomic E-state index is 6.30. The molecule has 1 aromatic rings. The van der Waals surface area contributed by atoms with E-state index in [-0.39, 0.29) is 5.41 Å². The summed E-state index contributed by atoms with van der Waals surface area (Å²) in [5, 5.41) is 0. The summed E-state index contributed by atoms with van der Waals surface area (Å²) >= 11 is 0. The quantitative estimate of drug-likeness (QED) is 0.806. The van der Waals surface area contributed by atoms with Crippen LogP contribution in [0.1, 0.15) is 45.1 Å². The van der Waals surface area contributed by atoms with Gasteiger partial charge in [-0.2, -0.15) is 0 Å². The van der Waals surface area contributed by atoms with Crippen molar-refractivity contribution < 1.29 is 0 Å². The minimum absolute atomic E-state index is 0.209. The number of hydrogen-bond donors (Lipinski definition) is 1. The van der Waals surface area contributed by atoms with Crippen molar-refractivity contribution in [3.63, 3.8) is 0 Å². The van der Waals surface area contributed by atoms with Crippen LogP contribution < -0.4 is 5.73 Å². The average molecular weight is 217 g/mol. The minimum Gasteiger partial charge on any atom is -0.327 e. The summed E-state index contributed by atoms with van der Waals surface area (Å²) in [7, 11) is 0. The van der Waals surface area contributed by atoms with Crippen molar-refractivity contribution in [2.45, 2.75) is 51.0 Å². The molecule has 1 aliphatic rings. The van der Waals surface area contributed by atoms with Crippen molar-refractivity contribution in [3.8, 4) is 0 Å². The molecule has 1 aliphatic carbocycles. The Kier molecular flexibility index (Phi) is 3.34. The molecule has 1 heteroatoms. The van der Waals surface area contributed by atoms with Crippen molar-refractivity contribution in [2.75, 3.05) is 0 Å². The predicted molar refractivity (Wildman–Crippen MR) is 69.4 cm³/mol. The van der Waals surface area contributed by atoms with Gasteiger partial charge < -0.3 is 5.73 Å². The molecule has 2 rings (SSSR count). The Balaban J connectivity index is 2.23. The molecule has 16 heavy (non-hydrogen) atoms. The highest BCUT2D eigenvalue weighted by Crippen LogP contribution is 2.39. The number of benzene rings is 1. The van der Waals surface area contributed by atoms with Gasteiger partial charge >= 0.3 is 0 Å². The van der Waals surface area contributed by atoms with Gasteiger partial charge in [-0.3, -0.25) is 0 Å². The van der Waals surface area contributed by atoms with Crippen LogP contribution in [0.25, 0.3) is 0 Å². The van der Waals surface area contributed by atoms with E-state index in [0.717, 1.165) is 0 Å². The van der Waals surface area contributed by atoms with Gasteiger partial charge in [0, 0.05) is 6.04 Å². The van der Waals surface area contributed by atoms with Gasteiger partial charge in [0.25, 0.3) is 0 Å². The molecule has 1 nitrogen and oxygen atoms in total. The lowest BCUT2D eigenvalue weighted by Crippen LogP contribution is -2.44. The maximum atomic E-state index is 6.30. The zero-order valence-corrected chi connectivity index (χ0v) is 10.4. The molecule has 0 heterocycles. The van der Waals surface area contributed by atoms with Gasteiger partial charge in [-0.25, -0.2) is 0 Å². The zero-order chi connectivity index (χ0) is 11.6. The van der Waals surface area contributed by atoms with E-state index in [1.54, 1.807) is 0 Å². The van der Waals surface area contributed by atoms with E-state index < -0.39 is 0 Å². The van der Waals surface area contributed by atoms with Crippen LogP contribution in [0, 0.1) is 5.92 Å². The highest BCUT2D eigenvalue weighted by Gasteiger charge is 2.36. The molecule has 1 saturated carbocycles. The van der Waals surface area contributed by atoms with Gasteiger partial charge in [0.1, 0.15) is 0 Å². The Morgan fingerprint density at radius 3 is 2.31 bits per heavy atom. The molecule has 88 valence electrons. The molecule has 0 unspecified atom stereocenters. The third-order valence-corrected chi connectivity index (χ3v) is 4.26. The summed E-state index contributed by atoms with van der Waals surface area (Å²) in [6, 6.07) is 11.2. The molecule has 0 aromatic heterocycles. The third-order valence-electron chi connectivity index (χ3n) is 4.26. The molecule has 0 bridgehead atoms. The standard InChI is InChI=1S/C15H23N/c1-15(2,12-8-4-3-5-9-12)13-10-6-7-11-14(13)16/h3-5,8-9,13-14H,6-7,10-11,16H2,1-2H3/t13-,14-/m0/s1. The Hall–Kier alpha value is -0.820. The molecular formula is C15H23N. The van der Waals surface area contributed by atoms with Crippen molar-refractivity contribution in [3.05, 3.63) is 35.9 Å². The summed E-state index contributed by atoms with van der Waals surface area (Å²) in [6.07, 6.45) is 5.13. The van der Waals surface area contributed by atoms with Crippen LogP contribution in [0.5, 0.6) is 0 Å². The average Bonchev–Trinajstić information content (AvgIpc) is 2.30. The Labute approximate surface area is 99.0 Å². The molecule has 0 spiro atoms. The van der Waals surface area contributed by atoms with E-state index in [1.807, 2.05) is 0 Å². The number of nitrogens with two attached hydrogens (primary N) is 1. The summed E-state index contributed by atoms with van der Waals surface area (Å²) in [5.74, 6) is 0.628. The van der Waals surface area contributed by atoms with Crippen molar-refractivity contribution >= 4 is 0 Å². The Bertz CT molecular complexity index is 329. The molecule has 1 fully saturated rings. The van der Waals surface area contributed by atoms with Crippen LogP contribution in [-0.4, -0.2) is 6.04 Å². The number of rotatable bonds is 2. The van der Waals surface area contributed by atoms with Gasteiger partial charge in [-0.1, -0.05) is 57.0 Å². The fourth-order valence-corrected chi connectivity index (χ4v) is 3.14. The van der Waals surface area contributed by atoms with Crippen molar-refractivity contribution in [2.24, 2.45) is 11.7 Å². The second-order valence-electron chi connectivity index (χ2n) is 5.64. The topological polar surface area (TPSA) is 26.0 Å². The van der Waals surface area contributed by atoms with Crippen LogP contribution in [0.4, 0.5) is 0 Å². The minimum atomic E-state index is 0.209. The van der Waals surface area contributed by atoms with Crippen molar-refractivity contribution in [1.82, 2.24) is 0 Å². The lowest BCUT2D eigenvalue weighted by Gasteiger charge is -2.41. The van der Waals surface area contributed by atoms with E-state index in [0.29, 0.717) is 12.0 Å². The molecule has 0 radical (unpaired) electrons. The first-order chi connectivity index (χ1) is 7.62. The summed E-state index contributed by atoms with van der Waals surface area (Å²) in [4.78, 5) is 0. The zero-order valence-electron chi connectivity index (χ0n) is 10.4. The molecule has 2 N–H and O–H groups in total. The van der Waals surface area contributed by atoms with Crippen LogP contribution in [-0.2, 0) is 5.41 Å². The van der Waals surface area contributed by atoms with Gasteiger partial charge in [0.15, 0.2) is 0 Å². The first-order valence-electron chi connectivity index (χ1n) is 6.43. The smallest absolute Gasteiger partial charge is 0.00754 e. The van der Waals surface area contributed by atoms with E-state index in [4.69, 9.17) is 5.73 Å². The normalized spacial score (nSPS) is 26.7. The van der Waals surface area contributed by atoms with Gasteiger partial charge in [0.2, 0.25) is 0 Å². The summed E-state index contributed by atoms with van der Waals surface area (Å²) in [5.41, 5.74) is 7.94. The third kappa shape index (κ3) is 2.15. The highest BCUT2D eigenvalue weighted by atomic mass is 14.7. The van der Waals surface area contributed by atoms with Gasteiger partial charge in [0.05, 0.1) is 0 Å². The van der Waals surface area contributed by atoms with Gasteiger partial charge in [-0.05, 0) is 29.7 Å². The fraction of sp³-hybridized carbons (Fsp3) is 0.600. The van der Waals surface area contributed by atoms with E-state index in [2.05, 4.69) is 44.2 Å². The first-order valence-corrected chi connectivity index (χ1v) is 6.43. The lowest BCUT2D eigenvalue weighted by molar-refractivity contribution is 0.203. The van der Waals surface area contributed by atoms with Crippen LogP contribution in [0.15, 0.2) is 30.3 Å². The largest absolute Gasteiger partial charge is 0.327 e. The molecule has 0 aliphatic heterocycles. The Morgan fingerprint density at radius 2 is 1.69 bits per heavy atom. The molecular weight excluding hydrogens is 194 g/mol. The lowest BCUT2D eigenvalue weighted by atomic mass is 9.65. The van der Waals surface area contributed by atoms with Crippen LogP contribution in [0.2, 0.25) is 0 Å². The molecule has 0 amide bonds. The predicted octanol–water partition coefficient (Wildman–Crippen LogP) is 3.48. The van der Waals surface area contributed by atoms with E-state index in [9.17, 15) is 0 Å². The Morgan fingerprint density at radius 1 is 1.06 bits per heavy atom. The SMILES string of the molecule is CC(C)(c1ccccc1)[C@H]1CCCC[C@@H]1N. The number of hydrogen-bond acceptors (Lipinski definition) is 1. The van der Waals surface area contributed by atoms with E-state index >= 15 is 0 Å². The molecule has 0 saturated heterocycles. The summed E-state index contributed by atoms with van der Waals surface area (Å²) in [6.45, 7) is 4.69. The summed E-state index contributed by atoms with van der Waals surface area (Å²) < 4.78 is 0. The van der Waals surface area contributed by atoms with Crippen molar-refractivity contribution in [1.29, 1.82) is 0 Å². The van der Waals surface area contributed by atoms with Gasteiger partial charge in [-0.15, -0.1) is 0 Å². The second kappa shape index (κ2) is 4.58. The molecule has 1 aromatic carbocycles. The van der Waals surface area contributed by atoms with Crippen LogP contribution >= 0.6 is 0 Å². The highest BCUT2D eigenvalue weighted by molar-refractivity contribution is 5.25. The monoisotopic (exact) mass is 217 g/mol. The maximum Gasteiger partial charge on any atom is 0.00754 e. The molecule has 2 atom stereocenters. The second-order valence-corrected chi connectivity index (χ2v) is 5.64.